The summed E-state index contributed by atoms with van der Waals surface area (Å²) in [5.41, 5.74) is 4.98. The largest absolute Gasteiger partial charge is 0.331 e. The standard InChI is InChI=1S/C27H26N6O2/c1-3-4-16-32-26(34)23-11-7-8-18(2)24(23)33(27(32)35)17-19-12-14-20(15-13-19)21-9-5-6-10-22(21)25-28-30-31-29-25/h5-15H,3-4,16-17H2,1-2H3,(H,28,29,30,31). The highest BCUT2D eigenvalue weighted by Gasteiger charge is 2.15. The van der Waals surface area contributed by atoms with Gasteiger partial charge in [-0.3, -0.25) is 13.9 Å². The third-order valence-corrected chi connectivity index (χ3v) is 6.30. The van der Waals surface area contributed by atoms with Crippen LogP contribution < -0.4 is 11.2 Å². The van der Waals surface area contributed by atoms with Crippen LogP contribution in [0, 0.1) is 6.92 Å². The Morgan fingerprint density at radius 3 is 2.37 bits per heavy atom. The number of fused-ring (bicyclic) bond motifs is 1. The Labute approximate surface area is 201 Å². The van der Waals surface area contributed by atoms with Crippen LogP contribution >= 0.6 is 0 Å². The summed E-state index contributed by atoms with van der Waals surface area (Å²) >= 11 is 0. The summed E-state index contributed by atoms with van der Waals surface area (Å²) in [5, 5.41) is 15.0. The third-order valence-electron chi connectivity index (χ3n) is 6.30. The van der Waals surface area contributed by atoms with Gasteiger partial charge in [-0.15, -0.1) is 10.2 Å². The van der Waals surface area contributed by atoms with Crippen LogP contribution in [-0.2, 0) is 13.1 Å². The van der Waals surface area contributed by atoms with Crippen LogP contribution in [0.1, 0.15) is 30.9 Å². The van der Waals surface area contributed by atoms with Crippen LogP contribution in [0.4, 0.5) is 0 Å². The Kier molecular flexibility index (Phi) is 6.10. The van der Waals surface area contributed by atoms with Gasteiger partial charge >= 0.3 is 5.69 Å². The van der Waals surface area contributed by atoms with Crippen LogP contribution in [0.3, 0.4) is 0 Å². The normalized spacial score (nSPS) is 11.3. The Balaban J connectivity index is 1.56. The van der Waals surface area contributed by atoms with Crippen LogP contribution in [0.5, 0.6) is 0 Å². The number of rotatable bonds is 7. The lowest BCUT2D eigenvalue weighted by Crippen LogP contribution is -2.40. The highest BCUT2D eigenvalue weighted by Crippen LogP contribution is 2.30. The van der Waals surface area contributed by atoms with Crippen molar-refractivity contribution in [2.24, 2.45) is 0 Å². The average molecular weight is 467 g/mol. The van der Waals surface area contributed by atoms with Crippen molar-refractivity contribution in [1.29, 1.82) is 0 Å². The van der Waals surface area contributed by atoms with Crippen molar-refractivity contribution in [2.45, 2.75) is 39.8 Å². The highest BCUT2D eigenvalue weighted by atomic mass is 16.2. The molecule has 8 nitrogen and oxygen atoms in total. The molecular formula is C27H26N6O2. The molecule has 0 aliphatic rings. The molecule has 0 radical (unpaired) electrons. The summed E-state index contributed by atoms with van der Waals surface area (Å²) in [7, 11) is 0. The molecule has 0 aliphatic heterocycles. The Morgan fingerprint density at radius 1 is 0.886 bits per heavy atom. The van der Waals surface area contributed by atoms with E-state index in [4.69, 9.17) is 0 Å². The summed E-state index contributed by atoms with van der Waals surface area (Å²) in [6.07, 6.45) is 1.69. The van der Waals surface area contributed by atoms with Crippen molar-refractivity contribution in [2.75, 3.05) is 0 Å². The van der Waals surface area contributed by atoms with E-state index in [0.717, 1.165) is 40.7 Å². The summed E-state index contributed by atoms with van der Waals surface area (Å²) in [6.45, 7) is 4.78. The lowest BCUT2D eigenvalue weighted by molar-refractivity contribution is 0.558. The lowest BCUT2D eigenvalue weighted by atomic mass is 9.98. The minimum absolute atomic E-state index is 0.216. The summed E-state index contributed by atoms with van der Waals surface area (Å²) in [5.74, 6) is 0.535. The van der Waals surface area contributed by atoms with Gasteiger partial charge in [0.25, 0.3) is 5.56 Å². The van der Waals surface area contributed by atoms with Crippen LogP contribution in [-0.4, -0.2) is 29.8 Å². The van der Waals surface area contributed by atoms with Crippen molar-refractivity contribution in [3.05, 3.63) is 98.7 Å². The zero-order valence-corrected chi connectivity index (χ0v) is 19.7. The molecule has 0 spiro atoms. The lowest BCUT2D eigenvalue weighted by Gasteiger charge is -2.16. The molecule has 0 saturated heterocycles. The fourth-order valence-electron chi connectivity index (χ4n) is 4.50. The van der Waals surface area contributed by atoms with E-state index in [-0.39, 0.29) is 11.2 Å². The van der Waals surface area contributed by atoms with Crippen molar-refractivity contribution >= 4 is 10.9 Å². The molecule has 35 heavy (non-hydrogen) atoms. The second-order valence-electron chi connectivity index (χ2n) is 8.63. The highest BCUT2D eigenvalue weighted by molar-refractivity contribution is 5.82. The zero-order valence-electron chi connectivity index (χ0n) is 19.7. The SMILES string of the molecule is CCCCn1c(=O)c2cccc(C)c2n(Cc2ccc(-c3ccccc3-c3nn[nH]n3)cc2)c1=O. The summed E-state index contributed by atoms with van der Waals surface area (Å²) in [4.78, 5) is 26.5. The van der Waals surface area contributed by atoms with Gasteiger partial charge in [-0.1, -0.05) is 74.0 Å². The molecule has 0 atom stereocenters. The molecule has 0 aliphatic carbocycles. The monoisotopic (exact) mass is 466 g/mol. The summed E-state index contributed by atoms with van der Waals surface area (Å²) < 4.78 is 3.10. The van der Waals surface area contributed by atoms with Crippen LogP contribution in [0.25, 0.3) is 33.4 Å². The van der Waals surface area contributed by atoms with Gasteiger partial charge in [0.05, 0.1) is 17.4 Å². The second-order valence-corrected chi connectivity index (χ2v) is 8.63. The number of hydrogen-bond donors (Lipinski definition) is 1. The first kappa shape index (κ1) is 22.5. The van der Waals surface area contributed by atoms with Crippen molar-refractivity contribution in [3.8, 4) is 22.5 Å². The number of H-pyrrole nitrogens is 1. The molecule has 2 aromatic heterocycles. The predicted molar refractivity (Wildman–Crippen MR) is 136 cm³/mol. The number of nitrogens with zero attached hydrogens (tertiary/aromatic N) is 5. The number of benzene rings is 3. The molecular weight excluding hydrogens is 440 g/mol. The van der Waals surface area contributed by atoms with Gasteiger partial charge in [0.2, 0.25) is 5.82 Å². The van der Waals surface area contributed by atoms with Gasteiger partial charge in [0.1, 0.15) is 0 Å². The maximum Gasteiger partial charge on any atom is 0.331 e. The third kappa shape index (κ3) is 4.19. The first-order valence-corrected chi connectivity index (χ1v) is 11.7. The molecule has 5 rings (SSSR count). The quantitative estimate of drug-likeness (QED) is 0.388. The minimum atomic E-state index is -0.267. The minimum Gasteiger partial charge on any atom is -0.288 e. The molecule has 0 unspecified atom stereocenters. The number of aromatic nitrogens is 6. The van der Waals surface area contributed by atoms with E-state index in [2.05, 4.69) is 20.6 Å². The molecule has 1 N–H and O–H groups in total. The molecule has 8 heteroatoms. The topological polar surface area (TPSA) is 98.5 Å². The maximum atomic E-state index is 13.4. The van der Waals surface area contributed by atoms with Gasteiger partial charge in [0, 0.05) is 12.1 Å². The molecule has 3 aromatic carbocycles. The Morgan fingerprint density at radius 2 is 1.66 bits per heavy atom. The molecule has 5 aromatic rings. The number of aryl methyl sites for hydroxylation is 1. The summed E-state index contributed by atoms with van der Waals surface area (Å²) in [6, 6.07) is 21.6. The van der Waals surface area contributed by atoms with Crippen molar-refractivity contribution < 1.29 is 0 Å². The number of unbranched alkanes of at least 4 members (excludes halogenated alkanes) is 1. The fourth-order valence-corrected chi connectivity index (χ4v) is 4.50. The van der Waals surface area contributed by atoms with E-state index in [1.54, 1.807) is 10.6 Å². The molecule has 0 fully saturated rings. The first-order chi connectivity index (χ1) is 17.1. The number of tetrazole rings is 1. The molecule has 0 saturated carbocycles. The number of hydrogen-bond acceptors (Lipinski definition) is 5. The number of nitrogens with one attached hydrogen (secondary N) is 1. The number of para-hydroxylation sites is 1. The maximum absolute atomic E-state index is 13.4. The van der Waals surface area contributed by atoms with Crippen molar-refractivity contribution in [3.63, 3.8) is 0 Å². The second kappa shape index (κ2) is 9.50. The smallest absolute Gasteiger partial charge is 0.288 e. The van der Waals surface area contributed by atoms with Crippen LogP contribution in [0.2, 0.25) is 0 Å². The Hall–Kier alpha value is -4.33. The Bertz CT molecular complexity index is 1600. The van der Waals surface area contributed by atoms with E-state index >= 15 is 0 Å². The van der Waals surface area contributed by atoms with Gasteiger partial charge in [-0.05, 0) is 46.9 Å². The van der Waals surface area contributed by atoms with E-state index < -0.39 is 0 Å². The van der Waals surface area contributed by atoms with Crippen LogP contribution in [0.15, 0.2) is 76.3 Å². The van der Waals surface area contributed by atoms with E-state index in [9.17, 15) is 9.59 Å². The fraction of sp³-hybridized carbons (Fsp3) is 0.222. The average Bonchev–Trinajstić information content (AvgIpc) is 3.42. The molecule has 0 amide bonds. The van der Waals surface area contributed by atoms with E-state index in [1.807, 2.05) is 74.5 Å². The van der Waals surface area contributed by atoms with Gasteiger partial charge in [0.15, 0.2) is 0 Å². The van der Waals surface area contributed by atoms with Gasteiger partial charge in [-0.25, -0.2) is 4.79 Å². The van der Waals surface area contributed by atoms with Gasteiger partial charge < -0.3 is 0 Å². The zero-order chi connectivity index (χ0) is 24.4. The molecule has 2 heterocycles. The molecule has 0 bridgehead atoms. The molecule has 176 valence electrons. The predicted octanol–water partition coefficient (Wildman–Crippen LogP) is 4.17. The van der Waals surface area contributed by atoms with Gasteiger partial charge in [-0.2, -0.15) is 5.21 Å². The van der Waals surface area contributed by atoms with E-state index in [0.29, 0.717) is 29.8 Å². The van der Waals surface area contributed by atoms with Crippen molar-refractivity contribution in [1.82, 2.24) is 29.8 Å². The first-order valence-electron chi connectivity index (χ1n) is 11.7. The number of aromatic amines is 1. The van der Waals surface area contributed by atoms with E-state index in [1.165, 1.54) is 4.57 Å².